The van der Waals surface area contributed by atoms with E-state index in [9.17, 15) is 4.21 Å². The van der Waals surface area contributed by atoms with Crippen molar-refractivity contribution in [2.75, 3.05) is 11.9 Å². The maximum Gasteiger partial charge on any atom is 0.186 e. The number of nitrogens with one attached hydrogen (secondary N) is 1. The van der Waals surface area contributed by atoms with Crippen molar-refractivity contribution in [3.05, 3.63) is 23.8 Å². The van der Waals surface area contributed by atoms with Crippen molar-refractivity contribution in [1.29, 1.82) is 0 Å². The molecule has 0 saturated carbocycles. The van der Waals surface area contributed by atoms with Crippen LogP contribution in [0.3, 0.4) is 0 Å². The lowest BCUT2D eigenvalue weighted by molar-refractivity contribution is 0.564. The number of aryl methyl sites for hydroxylation is 1. The van der Waals surface area contributed by atoms with E-state index in [2.05, 4.69) is 5.32 Å². The van der Waals surface area contributed by atoms with Gasteiger partial charge in [-0.1, -0.05) is 0 Å². The third-order valence-electron chi connectivity index (χ3n) is 2.22. The van der Waals surface area contributed by atoms with Gasteiger partial charge in [0.1, 0.15) is 0 Å². The van der Waals surface area contributed by atoms with E-state index < -0.39 is 11.1 Å². The van der Waals surface area contributed by atoms with E-state index in [0.717, 1.165) is 30.6 Å². The zero-order valence-electron chi connectivity index (χ0n) is 7.12. The lowest BCUT2D eigenvalue weighted by Crippen LogP contribution is -2.11. The van der Waals surface area contributed by atoms with Gasteiger partial charge in [-0.2, -0.15) is 0 Å². The van der Waals surface area contributed by atoms with Crippen molar-refractivity contribution in [2.24, 2.45) is 0 Å². The number of hydrogen-bond donors (Lipinski definition) is 2. The van der Waals surface area contributed by atoms with Crippen molar-refractivity contribution in [2.45, 2.75) is 17.7 Å². The molecule has 1 aliphatic rings. The normalized spacial score (nSPS) is 17.3. The van der Waals surface area contributed by atoms with Crippen molar-refractivity contribution in [3.63, 3.8) is 0 Å². The minimum Gasteiger partial charge on any atom is -0.385 e. The van der Waals surface area contributed by atoms with Crippen molar-refractivity contribution in [1.82, 2.24) is 0 Å². The number of rotatable bonds is 1. The number of hydrogen-bond acceptors (Lipinski definition) is 2. The Kier molecular flexibility index (Phi) is 2.33. The summed E-state index contributed by atoms with van der Waals surface area (Å²) in [5, 5.41) is 3.25. The molecular weight excluding hydrogens is 186 g/mol. The maximum atomic E-state index is 10.8. The van der Waals surface area contributed by atoms with Crippen LogP contribution in [0.2, 0.25) is 0 Å². The fourth-order valence-electron chi connectivity index (χ4n) is 1.56. The number of anilines is 1. The summed E-state index contributed by atoms with van der Waals surface area (Å²) in [5.74, 6) is 0. The van der Waals surface area contributed by atoms with E-state index in [4.69, 9.17) is 4.55 Å². The van der Waals surface area contributed by atoms with Gasteiger partial charge in [-0.05, 0) is 36.6 Å². The molecule has 1 aromatic rings. The molecule has 0 saturated heterocycles. The molecule has 1 aliphatic heterocycles. The Bertz CT molecular complexity index is 351. The Morgan fingerprint density at radius 2 is 2.31 bits per heavy atom. The minimum absolute atomic E-state index is 0.488. The Labute approximate surface area is 79.4 Å². The molecule has 0 aromatic heterocycles. The van der Waals surface area contributed by atoms with Crippen molar-refractivity contribution in [3.8, 4) is 0 Å². The van der Waals surface area contributed by atoms with E-state index in [1.54, 1.807) is 12.1 Å². The molecule has 1 atom stereocenters. The van der Waals surface area contributed by atoms with E-state index in [1.807, 2.05) is 6.07 Å². The summed E-state index contributed by atoms with van der Waals surface area (Å²) in [6.45, 7) is 0.995. The zero-order valence-corrected chi connectivity index (χ0v) is 7.93. The fourth-order valence-corrected chi connectivity index (χ4v) is 1.99. The Hall–Kier alpha value is -0.870. The molecule has 1 aromatic carbocycles. The summed E-state index contributed by atoms with van der Waals surface area (Å²) in [7, 11) is 0. The molecule has 13 heavy (non-hydrogen) atoms. The molecule has 1 unspecified atom stereocenters. The average molecular weight is 197 g/mol. The Balaban J connectivity index is 2.40. The van der Waals surface area contributed by atoms with Gasteiger partial charge in [-0.15, -0.1) is 0 Å². The molecule has 0 bridgehead atoms. The van der Waals surface area contributed by atoms with Gasteiger partial charge >= 0.3 is 0 Å². The van der Waals surface area contributed by atoms with Crippen LogP contribution in [0.25, 0.3) is 0 Å². The van der Waals surface area contributed by atoms with E-state index in [1.165, 1.54) is 0 Å². The summed E-state index contributed by atoms with van der Waals surface area (Å²) in [6, 6.07) is 5.36. The van der Waals surface area contributed by atoms with Crippen LogP contribution in [0, 0.1) is 0 Å². The first kappa shape index (κ1) is 8.72. The zero-order chi connectivity index (χ0) is 9.26. The fraction of sp³-hybridized carbons (Fsp3) is 0.333. The predicted molar refractivity (Wildman–Crippen MR) is 52.3 cm³/mol. The third-order valence-corrected chi connectivity index (χ3v) is 2.87. The molecule has 3 nitrogen and oxygen atoms in total. The maximum absolute atomic E-state index is 10.8. The van der Waals surface area contributed by atoms with Crippen LogP contribution in [0.5, 0.6) is 0 Å². The van der Waals surface area contributed by atoms with Crippen LogP contribution in [0.1, 0.15) is 12.0 Å². The monoisotopic (exact) mass is 197 g/mol. The highest BCUT2D eigenvalue weighted by Gasteiger charge is 2.10. The minimum atomic E-state index is -1.85. The average Bonchev–Trinajstić information content (AvgIpc) is 2.17. The quantitative estimate of drug-likeness (QED) is 0.673. The van der Waals surface area contributed by atoms with Crippen LogP contribution >= 0.6 is 0 Å². The lowest BCUT2D eigenvalue weighted by atomic mass is 10.0. The summed E-state index contributed by atoms with van der Waals surface area (Å²) < 4.78 is 19.7. The Morgan fingerprint density at radius 3 is 3.08 bits per heavy atom. The van der Waals surface area contributed by atoms with E-state index in [0.29, 0.717) is 4.90 Å². The molecule has 70 valence electrons. The van der Waals surface area contributed by atoms with Crippen molar-refractivity contribution >= 4 is 16.8 Å². The predicted octanol–water partition coefficient (Wildman–Crippen LogP) is 1.63. The molecular formula is C9H11NO2S. The highest BCUT2D eigenvalue weighted by molar-refractivity contribution is 7.79. The molecule has 2 rings (SSSR count). The van der Waals surface area contributed by atoms with Gasteiger partial charge in [0, 0.05) is 12.2 Å². The number of fused-ring (bicyclic) bond motifs is 1. The van der Waals surface area contributed by atoms with Gasteiger partial charge in [0.05, 0.1) is 4.90 Å². The van der Waals surface area contributed by atoms with Crippen molar-refractivity contribution < 1.29 is 8.76 Å². The van der Waals surface area contributed by atoms with Gasteiger partial charge in [-0.25, -0.2) is 4.21 Å². The molecule has 0 radical (unpaired) electrons. The first-order valence-electron chi connectivity index (χ1n) is 4.25. The standard InChI is InChI=1S/C9H11NO2S/c11-13(12)8-3-4-9-7(6-8)2-1-5-10-9/h3-4,6,10H,1-2,5H2,(H,11,12). The van der Waals surface area contributed by atoms with Crippen LogP contribution in [-0.2, 0) is 17.5 Å². The first-order valence-corrected chi connectivity index (χ1v) is 5.36. The highest BCUT2D eigenvalue weighted by atomic mass is 32.2. The highest BCUT2D eigenvalue weighted by Crippen LogP contribution is 2.23. The van der Waals surface area contributed by atoms with E-state index in [-0.39, 0.29) is 0 Å². The second kappa shape index (κ2) is 3.47. The van der Waals surface area contributed by atoms with Crippen LogP contribution in [0.4, 0.5) is 5.69 Å². The van der Waals surface area contributed by atoms with Crippen LogP contribution < -0.4 is 5.32 Å². The van der Waals surface area contributed by atoms with Gasteiger partial charge in [-0.3, -0.25) is 0 Å². The summed E-state index contributed by atoms with van der Waals surface area (Å²) in [5.41, 5.74) is 2.24. The summed E-state index contributed by atoms with van der Waals surface area (Å²) in [4.78, 5) is 0.488. The van der Waals surface area contributed by atoms with Gasteiger partial charge in [0.25, 0.3) is 0 Å². The molecule has 0 fully saturated rings. The molecule has 4 heteroatoms. The molecule has 2 N–H and O–H groups in total. The Morgan fingerprint density at radius 1 is 1.46 bits per heavy atom. The smallest absolute Gasteiger partial charge is 0.186 e. The molecule has 0 amide bonds. The molecule has 0 spiro atoms. The van der Waals surface area contributed by atoms with Gasteiger partial charge in [0.2, 0.25) is 0 Å². The van der Waals surface area contributed by atoms with Gasteiger partial charge in [0.15, 0.2) is 11.1 Å². The number of benzene rings is 1. The SMILES string of the molecule is O=S(O)c1ccc2c(c1)CCCN2. The third kappa shape index (κ3) is 1.73. The van der Waals surface area contributed by atoms with E-state index >= 15 is 0 Å². The second-order valence-corrected chi connectivity index (χ2v) is 4.07. The van der Waals surface area contributed by atoms with Crippen LogP contribution in [-0.4, -0.2) is 15.3 Å². The first-order chi connectivity index (χ1) is 6.27. The largest absolute Gasteiger partial charge is 0.385 e. The molecule has 0 aliphatic carbocycles. The molecule has 1 heterocycles. The van der Waals surface area contributed by atoms with Gasteiger partial charge < -0.3 is 9.87 Å². The topological polar surface area (TPSA) is 49.3 Å². The second-order valence-electron chi connectivity index (χ2n) is 3.10. The van der Waals surface area contributed by atoms with Crippen LogP contribution in [0.15, 0.2) is 23.1 Å². The summed E-state index contributed by atoms with van der Waals surface area (Å²) in [6.07, 6.45) is 2.09. The summed E-state index contributed by atoms with van der Waals surface area (Å²) >= 11 is -1.85. The lowest BCUT2D eigenvalue weighted by Gasteiger charge is -2.17.